The largest absolute Gasteiger partial charge is 0.322 e. The zero-order valence-corrected chi connectivity index (χ0v) is 15.4. The molecule has 0 aliphatic carbocycles. The van der Waals surface area contributed by atoms with Crippen molar-refractivity contribution in [2.45, 2.75) is 17.6 Å². The molecule has 126 valence electrons. The Morgan fingerprint density at radius 1 is 1.00 bits per heavy atom. The molecule has 0 radical (unpaired) electrons. The van der Waals surface area contributed by atoms with E-state index >= 15 is 0 Å². The molecule has 0 saturated carbocycles. The summed E-state index contributed by atoms with van der Waals surface area (Å²) >= 11 is 7.75. The molecular weight excluding hydrogens is 350 g/mol. The first-order valence-electron chi connectivity index (χ1n) is 7.96. The molecule has 0 fully saturated rings. The van der Waals surface area contributed by atoms with E-state index in [0.717, 1.165) is 17.0 Å². The maximum absolute atomic E-state index is 12.3. The molecule has 0 saturated heterocycles. The minimum Gasteiger partial charge on any atom is -0.322 e. The van der Waals surface area contributed by atoms with E-state index in [4.69, 9.17) is 11.6 Å². The Balaban J connectivity index is 1.66. The number of hydrogen-bond donors (Lipinski definition) is 1. The number of benzene rings is 3. The van der Waals surface area contributed by atoms with E-state index in [1.54, 1.807) is 36.0 Å². The summed E-state index contributed by atoms with van der Waals surface area (Å²) in [4.78, 5) is 13.6. The van der Waals surface area contributed by atoms with Gasteiger partial charge in [-0.2, -0.15) is 0 Å². The van der Waals surface area contributed by atoms with E-state index in [0.29, 0.717) is 10.6 Å². The molecule has 3 aromatic rings. The van der Waals surface area contributed by atoms with Gasteiger partial charge in [-0.05, 0) is 54.4 Å². The van der Waals surface area contributed by atoms with Gasteiger partial charge in [0.25, 0.3) is 5.91 Å². The first-order valence-corrected chi connectivity index (χ1v) is 9.32. The molecule has 1 N–H and O–H groups in total. The van der Waals surface area contributed by atoms with Gasteiger partial charge in [0.2, 0.25) is 0 Å². The van der Waals surface area contributed by atoms with Crippen LogP contribution >= 0.6 is 23.4 Å². The highest BCUT2D eigenvalue weighted by Crippen LogP contribution is 2.25. The molecule has 0 aromatic heterocycles. The highest BCUT2D eigenvalue weighted by molar-refractivity contribution is 7.98. The van der Waals surface area contributed by atoms with Gasteiger partial charge in [0.1, 0.15) is 0 Å². The number of anilines is 1. The molecule has 0 bridgehead atoms. The summed E-state index contributed by atoms with van der Waals surface area (Å²) in [6, 6.07) is 23.4. The zero-order chi connectivity index (χ0) is 17.6. The molecule has 1 amide bonds. The molecule has 4 heteroatoms. The standard InChI is InChI=1S/C21H18ClNOS/c1-15-12-16(14-25-19-8-3-2-4-9-19)10-11-20(15)23-21(24)17-6-5-7-18(22)13-17/h2-13H,14H2,1H3,(H,23,24). The fraction of sp³-hybridized carbons (Fsp3) is 0.0952. The third-order valence-electron chi connectivity index (χ3n) is 3.77. The molecule has 0 spiro atoms. The fourth-order valence-electron chi connectivity index (χ4n) is 2.46. The highest BCUT2D eigenvalue weighted by Gasteiger charge is 2.08. The minimum atomic E-state index is -0.156. The average Bonchev–Trinajstić information content (AvgIpc) is 2.63. The van der Waals surface area contributed by atoms with E-state index in [9.17, 15) is 4.79 Å². The van der Waals surface area contributed by atoms with Crippen molar-refractivity contribution < 1.29 is 4.79 Å². The van der Waals surface area contributed by atoms with Gasteiger partial charge in [-0.3, -0.25) is 4.79 Å². The normalized spacial score (nSPS) is 10.5. The van der Waals surface area contributed by atoms with Crippen LogP contribution in [0.25, 0.3) is 0 Å². The van der Waals surface area contributed by atoms with E-state index < -0.39 is 0 Å². The van der Waals surface area contributed by atoms with Crippen molar-refractivity contribution in [1.82, 2.24) is 0 Å². The number of rotatable bonds is 5. The van der Waals surface area contributed by atoms with Crippen LogP contribution in [0.15, 0.2) is 77.7 Å². The van der Waals surface area contributed by atoms with Crippen LogP contribution in [0.1, 0.15) is 21.5 Å². The van der Waals surface area contributed by atoms with Crippen LogP contribution in [0.5, 0.6) is 0 Å². The number of nitrogens with one attached hydrogen (secondary N) is 1. The Kier molecular flexibility index (Phi) is 5.79. The highest BCUT2D eigenvalue weighted by atomic mass is 35.5. The van der Waals surface area contributed by atoms with Gasteiger partial charge in [-0.1, -0.05) is 48.0 Å². The summed E-state index contributed by atoms with van der Waals surface area (Å²) in [6.07, 6.45) is 0. The van der Waals surface area contributed by atoms with Crippen molar-refractivity contribution in [1.29, 1.82) is 0 Å². The van der Waals surface area contributed by atoms with Crippen molar-refractivity contribution in [2.24, 2.45) is 0 Å². The molecule has 2 nitrogen and oxygen atoms in total. The quantitative estimate of drug-likeness (QED) is 0.544. The molecule has 0 aliphatic heterocycles. The van der Waals surface area contributed by atoms with Crippen LogP contribution in [0.3, 0.4) is 0 Å². The van der Waals surface area contributed by atoms with E-state index in [1.807, 2.05) is 31.2 Å². The summed E-state index contributed by atoms with van der Waals surface area (Å²) in [5.41, 5.74) is 3.64. The Morgan fingerprint density at radius 3 is 2.52 bits per heavy atom. The van der Waals surface area contributed by atoms with Crippen LogP contribution in [0.2, 0.25) is 5.02 Å². The lowest BCUT2D eigenvalue weighted by Crippen LogP contribution is -2.12. The number of halogens is 1. The van der Waals surface area contributed by atoms with Crippen molar-refractivity contribution in [3.63, 3.8) is 0 Å². The third kappa shape index (κ3) is 4.88. The second kappa shape index (κ2) is 8.24. The van der Waals surface area contributed by atoms with Crippen LogP contribution in [0, 0.1) is 6.92 Å². The zero-order valence-electron chi connectivity index (χ0n) is 13.8. The van der Waals surface area contributed by atoms with Crippen LogP contribution in [-0.2, 0) is 5.75 Å². The molecule has 0 aliphatic rings. The van der Waals surface area contributed by atoms with Crippen LogP contribution < -0.4 is 5.32 Å². The summed E-state index contributed by atoms with van der Waals surface area (Å²) in [7, 11) is 0. The topological polar surface area (TPSA) is 29.1 Å². The SMILES string of the molecule is Cc1cc(CSc2ccccc2)ccc1NC(=O)c1cccc(Cl)c1. The van der Waals surface area contributed by atoms with Crippen LogP contribution in [-0.4, -0.2) is 5.91 Å². The maximum atomic E-state index is 12.3. The van der Waals surface area contributed by atoms with Gasteiger partial charge < -0.3 is 5.32 Å². The Hall–Kier alpha value is -2.23. The number of hydrogen-bond acceptors (Lipinski definition) is 2. The number of carbonyl (C=O) groups excluding carboxylic acids is 1. The second-order valence-corrected chi connectivity index (χ2v) is 7.20. The van der Waals surface area contributed by atoms with Crippen molar-refractivity contribution in [2.75, 3.05) is 5.32 Å². The van der Waals surface area contributed by atoms with Crippen LogP contribution in [0.4, 0.5) is 5.69 Å². The monoisotopic (exact) mass is 367 g/mol. The van der Waals surface area contributed by atoms with Gasteiger partial charge in [0.05, 0.1) is 0 Å². The summed E-state index contributed by atoms with van der Waals surface area (Å²) < 4.78 is 0. The van der Waals surface area contributed by atoms with E-state index in [2.05, 4.69) is 29.6 Å². The average molecular weight is 368 g/mol. The number of amides is 1. The molecule has 3 aromatic carbocycles. The Bertz CT molecular complexity index is 880. The van der Waals surface area contributed by atoms with Gasteiger partial charge in [0, 0.05) is 26.9 Å². The maximum Gasteiger partial charge on any atom is 0.255 e. The van der Waals surface area contributed by atoms with E-state index in [1.165, 1.54) is 10.5 Å². The second-order valence-electron chi connectivity index (χ2n) is 5.72. The van der Waals surface area contributed by atoms with E-state index in [-0.39, 0.29) is 5.91 Å². The first kappa shape index (κ1) is 17.6. The van der Waals surface area contributed by atoms with Gasteiger partial charge in [-0.25, -0.2) is 0 Å². The lowest BCUT2D eigenvalue weighted by atomic mass is 10.1. The summed E-state index contributed by atoms with van der Waals surface area (Å²) in [6.45, 7) is 2.00. The summed E-state index contributed by atoms with van der Waals surface area (Å²) in [5.74, 6) is 0.741. The molecule has 0 unspecified atom stereocenters. The number of thioether (sulfide) groups is 1. The molecule has 0 heterocycles. The minimum absolute atomic E-state index is 0.156. The Morgan fingerprint density at radius 2 is 1.80 bits per heavy atom. The predicted octanol–water partition coefficient (Wildman–Crippen LogP) is 6.19. The summed E-state index contributed by atoms with van der Waals surface area (Å²) in [5, 5.41) is 3.50. The lowest BCUT2D eigenvalue weighted by molar-refractivity contribution is 0.102. The Labute approximate surface area is 157 Å². The van der Waals surface area contributed by atoms with Crippen molar-refractivity contribution in [3.05, 3.63) is 94.5 Å². The van der Waals surface area contributed by atoms with Gasteiger partial charge in [0.15, 0.2) is 0 Å². The third-order valence-corrected chi connectivity index (χ3v) is 5.09. The lowest BCUT2D eigenvalue weighted by Gasteiger charge is -2.11. The first-order chi connectivity index (χ1) is 12.1. The van der Waals surface area contributed by atoms with Crippen molar-refractivity contribution >= 4 is 35.0 Å². The molecular formula is C21H18ClNOS. The fourth-order valence-corrected chi connectivity index (χ4v) is 3.52. The molecule has 0 atom stereocenters. The molecule has 3 rings (SSSR count). The predicted molar refractivity (Wildman–Crippen MR) is 107 cm³/mol. The number of aryl methyl sites for hydroxylation is 1. The van der Waals surface area contributed by atoms with Crippen molar-refractivity contribution in [3.8, 4) is 0 Å². The number of carbonyl (C=O) groups is 1. The smallest absolute Gasteiger partial charge is 0.255 e. The molecule has 25 heavy (non-hydrogen) atoms. The van der Waals surface area contributed by atoms with Gasteiger partial charge >= 0.3 is 0 Å². The van der Waals surface area contributed by atoms with Gasteiger partial charge in [-0.15, -0.1) is 11.8 Å².